The second kappa shape index (κ2) is 12.6. The number of ether oxygens (including phenoxy) is 2. The average molecular weight is 659 g/mol. The van der Waals surface area contributed by atoms with Gasteiger partial charge in [-0.05, 0) is 54.3 Å². The van der Waals surface area contributed by atoms with Gasteiger partial charge in [0.2, 0.25) is 0 Å². The second-order valence-electron chi connectivity index (χ2n) is 11.6. The minimum Gasteiger partial charge on any atom is -0.366 e. The van der Waals surface area contributed by atoms with E-state index in [9.17, 15) is 35.9 Å². The number of aromatic nitrogens is 3. The van der Waals surface area contributed by atoms with Crippen LogP contribution in [0.15, 0.2) is 54.7 Å². The predicted molar refractivity (Wildman–Crippen MR) is 154 cm³/mol. The first-order chi connectivity index (χ1) is 22.3. The lowest BCUT2D eigenvalue weighted by atomic mass is 9.86. The van der Waals surface area contributed by atoms with Crippen LogP contribution in [0.25, 0.3) is 11.1 Å². The van der Waals surface area contributed by atoms with E-state index >= 15 is 0 Å². The van der Waals surface area contributed by atoms with Crippen LogP contribution in [0.5, 0.6) is 0 Å². The summed E-state index contributed by atoms with van der Waals surface area (Å²) in [7, 11) is 0. The fourth-order valence-corrected chi connectivity index (χ4v) is 6.42. The smallest absolute Gasteiger partial charge is 0.366 e. The molecule has 1 aliphatic carbocycles. The summed E-state index contributed by atoms with van der Waals surface area (Å²) in [5.74, 6) is -6.06. The SMILES string of the molecule is NC(=O)c1cc(-c2cccnc2[C@@H](CC(=O)Cn2nc(C(F)(F)F)c3c2CCC2(C3)OCCO2)Cc2cc(F)cc(F)c2)ccc1F. The number of carbonyl (C=O) groups is 2. The van der Waals surface area contributed by atoms with E-state index in [0.717, 1.165) is 22.9 Å². The molecule has 2 aromatic heterocycles. The zero-order valence-corrected chi connectivity index (χ0v) is 24.8. The number of nitrogens with two attached hydrogens (primary N) is 1. The topological polar surface area (TPSA) is 109 Å². The number of hydrogen-bond acceptors (Lipinski definition) is 6. The van der Waals surface area contributed by atoms with Gasteiger partial charge in [0.15, 0.2) is 17.3 Å². The molecule has 2 aromatic carbocycles. The maximum atomic E-state index is 14.3. The Balaban J connectivity index is 1.35. The summed E-state index contributed by atoms with van der Waals surface area (Å²) in [6, 6.07) is 9.78. The van der Waals surface area contributed by atoms with E-state index < -0.39 is 59.3 Å². The molecule has 1 fully saturated rings. The van der Waals surface area contributed by atoms with Crippen molar-refractivity contribution in [1.29, 1.82) is 0 Å². The van der Waals surface area contributed by atoms with Gasteiger partial charge in [-0.3, -0.25) is 19.3 Å². The Labute approximate surface area is 264 Å². The molecule has 0 saturated carbocycles. The number of fused-ring (bicyclic) bond motifs is 1. The summed E-state index contributed by atoms with van der Waals surface area (Å²) in [5, 5.41) is 3.81. The maximum absolute atomic E-state index is 14.3. The van der Waals surface area contributed by atoms with Crippen LogP contribution in [-0.4, -0.2) is 45.5 Å². The Hall–Kier alpha value is -4.56. The number of alkyl halides is 3. The van der Waals surface area contributed by atoms with Gasteiger partial charge in [-0.1, -0.05) is 12.1 Å². The molecule has 47 heavy (non-hydrogen) atoms. The number of pyridine rings is 1. The first-order valence-corrected chi connectivity index (χ1v) is 14.8. The molecule has 1 saturated heterocycles. The molecule has 0 unspecified atom stereocenters. The van der Waals surface area contributed by atoms with Crippen LogP contribution in [0, 0.1) is 17.5 Å². The number of primary amides is 1. The molecule has 1 spiro atoms. The standard InChI is InChI=1S/C33H28F6N4O4/c34-21-11-18(12-22(35)15-21)10-20(29-24(2-1-7-41-29)19-3-4-27(36)25(14-19)31(40)45)13-23(44)17-43-28-5-6-32(46-8-9-47-32)16-26(28)30(42-43)33(37,38)39/h1-4,7,11-12,14-15,20H,5-6,8-10,13,16-17H2,(H2,40,45)/t20-/m1/s1. The second-order valence-corrected chi connectivity index (χ2v) is 11.6. The van der Waals surface area contributed by atoms with E-state index in [1.54, 1.807) is 12.1 Å². The average Bonchev–Trinajstić information content (AvgIpc) is 3.60. The Morgan fingerprint density at radius 3 is 2.43 bits per heavy atom. The van der Waals surface area contributed by atoms with Crippen LogP contribution >= 0.6 is 0 Å². The van der Waals surface area contributed by atoms with Crippen molar-refractivity contribution in [2.45, 2.75) is 56.5 Å². The number of Topliss-reactive ketones (excluding diaryl/α,β-unsaturated/α-hetero) is 1. The van der Waals surface area contributed by atoms with Gasteiger partial charge < -0.3 is 15.2 Å². The highest BCUT2D eigenvalue weighted by molar-refractivity contribution is 5.94. The Morgan fingerprint density at radius 1 is 1.02 bits per heavy atom. The van der Waals surface area contributed by atoms with Crippen molar-refractivity contribution in [2.24, 2.45) is 5.73 Å². The van der Waals surface area contributed by atoms with Gasteiger partial charge >= 0.3 is 6.18 Å². The summed E-state index contributed by atoms with van der Waals surface area (Å²) in [6.45, 7) is 0.0139. The van der Waals surface area contributed by atoms with Gasteiger partial charge in [-0.2, -0.15) is 18.3 Å². The van der Waals surface area contributed by atoms with E-state index in [0.29, 0.717) is 17.2 Å². The summed E-state index contributed by atoms with van der Waals surface area (Å²) >= 11 is 0. The molecular formula is C33H28F6N4O4. The zero-order valence-electron chi connectivity index (χ0n) is 24.8. The number of carbonyl (C=O) groups excluding carboxylic acids is 2. The van der Waals surface area contributed by atoms with Crippen LogP contribution in [0.4, 0.5) is 26.3 Å². The molecule has 1 amide bonds. The molecular weight excluding hydrogens is 630 g/mol. The molecule has 0 bridgehead atoms. The molecule has 1 atom stereocenters. The molecule has 4 aromatic rings. The third-order valence-electron chi connectivity index (χ3n) is 8.41. The van der Waals surface area contributed by atoms with E-state index in [4.69, 9.17) is 15.2 Å². The summed E-state index contributed by atoms with van der Waals surface area (Å²) in [4.78, 5) is 30.0. The number of ketones is 1. The van der Waals surface area contributed by atoms with Crippen molar-refractivity contribution in [3.05, 3.63) is 106 Å². The largest absolute Gasteiger partial charge is 0.435 e. The quantitative estimate of drug-likeness (QED) is 0.231. The molecule has 1 aliphatic heterocycles. The fourth-order valence-electron chi connectivity index (χ4n) is 6.42. The van der Waals surface area contributed by atoms with E-state index in [1.165, 1.54) is 18.3 Å². The molecule has 246 valence electrons. The fraction of sp³-hybridized carbons (Fsp3) is 0.333. The minimum absolute atomic E-state index is 0.0844. The van der Waals surface area contributed by atoms with Crippen molar-refractivity contribution in [1.82, 2.24) is 14.8 Å². The van der Waals surface area contributed by atoms with Gasteiger partial charge in [0.25, 0.3) is 5.91 Å². The lowest BCUT2D eigenvalue weighted by molar-refractivity contribution is -0.167. The first kappa shape index (κ1) is 32.4. The van der Waals surface area contributed by atoms with Crippen molar-refractivity contribution in [3.8, 4) is 11.1 Å². The number of nitrogens with zero attached hydrogens (tertiary/aromatic N) is 3. The Bertz CT molecular complexity index is 1830. The van der Waals surface area contributed by atoms with Crippen LogP contribution in [0.3, 0.4) is 0 Å². The Kier molecular flexibility index (Phi) is 8.66. The summed E-state index contributed by atoms with van der Waals surface area (Å²) < 4.78 is 97.3. The van der Waals surface area contributed by atoms with Crippen molar-refractivity contribution in [3.63, 3.8) is 0 Å². The minimum atomic E-state index is -4.79. The van der Waals surface area contributed by atoms with Crippen LogP contribution in [-0.2, 0) is 46.3 Å². The first-order valence-electron chi connectivity index (χ1n) is 14.8. The molecule has 14 heteroatoms. The van der Waals surface area contributed by atoms with Gasteiger partial charge in [-0.25, -0.2) is 13.2 Å². The molecule has 6 rings (SSSR count). The van der Waals surface area contributed by atoms with Crippen molar-refractivity contribution in [2.75, 3.05) is 13.2 Å². The van der Waals surface area contributed by atoms with Crippen LogP contribution in [0.1, 0.15) is 57.3 Å². The Morgan fingerprint density at radius 2 is 1.74 bits per heavy atom. The number of rotatable bonds is 9. The molecule has 3 heterocycles. The lowest BCUT2D eigenvalue weighted by Crippen LogP contribution is -2.38. The highest BCUT2D eigenvalue weighted by Gasteiger charge is 2.47. The summed E-state index contributed by atoms with van der Waals surface area (Å²) in [5.41, 5.74) is 5.23. The van der Waals surface area contributed by atoms with Gasteiger partial charge in [0, 0.05) is 54.3 Å². The number of hydrogen-bond donors (Lipinski definition) is 1. The summed E-state index contributed by atoms with van der Waals surface area (Å²) in [6.07, 6.45) is -3.50. The van der Waals surface area contributed by atoms with Crippen molar-refractivity contribution >= 4 is 11.7 Å². The third kappa shape index (κ3) is 6.79. The number of amides is 1. The highest BCUT2D eigenvalue weighted by Crippen LogP contribution is 2.42. The van der Waals surface area contributed by atoms with Crippen LogP contribution < -0.4 is 5.73 Å². The number of benzene rings is 2. The molecule has 2 N–H and O–H groups in total. The van der Waals surface area contributed by atoms with E-state index in [2.05, 4.69) is 10.1 Å². The van der Waals surface area contributed by atoms with Crippen molar-refractivity contribution < 1.29 is 45.4 Å². The zero-order chi connectivity index (χ0) is 33.5. The molecule has 8 nitrogen and oxygen atoms in total. The highest BCUT2D eigenvalue weighted by atomic mass is 19.4. The predicted octanol–water partition coefficient (Wildman–Crippen LogP) is 5.70. The van der Waals surface area contributed by atoms with Gasteiger partial charge in [0.05, 0.1) is 31.0 Å². The normalized spacial score (nSPS) is 16.3. The van der Waals surface area contributed by atoms with Crippen LogP contribution in [0.2, 0.25) is 0 Å². The lowest BCUT2D eigenvalue weighted by Gasteiger charge is -2.32. The van der Waals surface area contributed by atoms with E-state index in [1.807, 2.05) is 0 Å². The third-order valence-corrected chi connectivity index (χ3v) is 8.41. The van der Waals surface area contributed by atoms with Gasteiger partial charge in [-0.15, -0.1) is 0 Å². The van der Waals surface area contributed by atoms with Gasteiger partial charge in [0.1, 0.15) is 17.5 Å². The van der Waals surface area contributed by atoms with E-state index in [-0.39, 0.29) is 73.4 Å². The number of halogens is 6. The monoisotopic (exact) mass is 658 g/mol. The molecule has 2 aliphatic rings. The maximum Gasteiger partial charge on any atom is 0.435 e. The molecule has 0 radical (unpaired) electrons.